The Morgan fingerprint density at radius 3 is 0.529 bits per heavy atom. The van der Waals surface area contributed by atoms with E-state index in [-0.39, 0.29) is 244 Å². The van der Waals surface area contributed by atoms with Gasteiger partial charge in [-0.25, -0.2) is 0 Å². The van der Waals surface area contributed by atoms with Crippen LogP contribution in [-0.4, -0.2) is 8.41 Å². The molecule has 111 valence electrons. The first-order valence-electron chi connectivity index (χ1n) is 0. The number of hydrogen-bond acceptors (Lipinski definition) is 0. The second-order valence-corrected chi connectivity index (χ2v) is 0. The third-order valence-corrected chi connectivity index (χ3v) is 0. The average Bonchev–Trinajstić information content (AvgIpc) is 0. The molecule has 0 aromatic heterocycles. The van der Waals surface area contributed by atoms with Crippen molar-refractivity contribution in [3.8, 4) is 0 Å². The van der Waals surface area contributed by atoms with Gasteiger partial charge in [0, 0.05) is 112 Å². The molecule has 5 radical (unpaired) electrons. The Kier molecular flexibility index (Phi) is 7440. The van der Waals surface area contributed by atoms with E-state index in [0.29, 0.717) is 0 Å². The fourth-order valence-electron chi connectivity index (χ4n) is 0. The maximum atomic E-state index is 0. The summed E-state index contributed by atoms with van der Waals surface area (Å²) < 4.78 is 0. The molecular formula is C10H42BFKUVWY. The van der Waals surface area contributed by atoms with E-state index in [2.05, 4.69) is 0 Å². The minimum atomic E-state index is 0. The Morgan fingerprint density at radius 2 is 0.529 bits per heavy atom. The Labute approximate surface area is 238 Å². The molecule has 0 fully saturated rings. The van der Waals surface area contributed by atoms with Gasteiger partial charge in [-0.3, -0.25) is 4.70 Å². The molecular weight excluding hydrogens is 751 g/mol. The van der Waals surface area contributed by atoms with Crippen LogP contribution in [0, 0.1) is 31.1 Å². The van der Waals surface area contributed by atoms with Crippen LogP contribution in [0.1, 0.15) is 75.7 Å². The maximum Gasteiger partial charge on any atom is 1.00 e. The molecule has 0 spiro atoms. The van der Waals surface area contributed by atoms with Crippen LogP contribution >= 0.6 is 0 Å². The van der Waals surface area contributed by atoms with Crippen molar-refractivity contribution in [2.75, 3.05) is 0 Å². The molecule has 17 heavy (non-hydrogen) atoms. The molecule has 0 amide bonds. The van der Waals surface area contributed by atoms with Crippen molar-refractivity contribution in [2.24, 2.45) is 0 Å². The predicted molar refractivity (Wildman–Crippen MR) is 76.7 cm³/mol. The van der Waals surface area contributed by atoms with Crippen molar-refractivity contribution in [2.45, 2.75) is 74.3 Å². The summed E-state index contributed by atoms with van der Waals surface area (Å²) in [6.45, 7) is 0. The van der Waals surface area contributed by atoms with Gasteiger partial charge < -0.3 is 1.43 Å². The van der Waals surface area contributed by atoms with Crippen molar-refractivity contribution in [3.63, 3.8) is 0 Å². The summed E-state index contributed by atoms with van der Waals surface area (Å²) in [7, 11) is 0. The van der Waals surface area contributed by atoms with Gasteiger partial charge in [-0.2, -0.15) is 0 Å². The topological polar surface area (TPSA) is 0 Å². The summed E-state index contributed by atoms with van der Waals surface area (Å²) in [4.78, 5) is 0. The molecule has 0 aliphatic rings. The van der Waals surface area contributed by atoms with Crippen LogP contribution in [0.4, 0.5) is 4.70 Å². The van der Waals surface area contributed by atoms with E-state index in [9.17, 15) is 0 Å². The van der Waals surface area contributed by atoms with Crippen LogP contribution in [-0.2, 0) is 72.3 Å². The number of hydrogen-bond donors (Lipinski definition) is 0. The summed E-state index contributed by atoms with van der Waals surface area (Å²) in [6.07, 6.45) is 0. The van der Waals surface area contributed by atoms with Gasteiger partial charge >= 0.3 is 51.4 Å². The second-order valence-electron chi connectivity index (χ2n) is 0. The first kappa shape index (κ1) is 382. The monoisotopic (exact) mass is 793 g/mol. The fourth-order valence-corrected chi connectivity index (χ4v) is 0. The molecule has 0 heterocycles. The Bertz CT molecular complexity index is 41.8. The zero-order chi connectivity index (χ0) is 0. The second kappa shape index (κ2) is 331. The molecule has 0 rings (SSSR count). The zero-order valence-electron chi connectivity index (χ0n) is 4.92. The Balaban J connectivity index is 0. The Hall–Kier alpha value is 5.06. The summed E-state index contributed by atoms with van der Waals surface area (Å²) in [5.41, 5.74) is 0. The fraction of sp³-hybridized carbons (Fsp3) is 1.00. The standard InChI is InChI=1S/10CH4.B.FH.K.U.V.W.Y.H/h10*1H4;;1H;;;;;;/q;;;;;;;;;;;;+1;;;;;-1. The number of halogens is 1. The predicted octanol–water partition coefficient (Wildman–Crippen LogP) is 3.24. The zero-order valence-corrected chi connectivity index (χ0v) is 18.4. The Morgan fingerprint density at radius 1 is 0.529 bits per heavy atom. The van der Waals surface area contributed by atoms with Crippen molar-refractivity contribution in [3.05, 3.63) is 0 Å². The van der Waals surface area contributed by atoms with Gasteiger partial charge in [-0.05, 0) is 0 Å². The van der Waals surface area contributed by atoms with Crippen LogP contribution in [0.5, 0.6) is 0 Å². The van der Waals surface area contributed by atoms with Crippen molar-refractivity contribution in [1.29, 1.82) is 0 Å². The van der Waals surface area contributed by atoms with Crippen molar-refractivity contribution in [1.82, 2.24) is 0 Å². The van der Waals surface area contributed by atoms with Gasteiger partial charge in [0.15, 0.2) is 0 Å². The van der Waals surface area contributed by atoms with E-state index in [1.807, 2.05) is 0 Å². The largest absolute Gasteiger partial charge is 1.00 e. The molecule has 0 unspecified atom stereocenters. The normalized spacial score (nSPS) is 0. The van der Waals surface area contributed by atoms with E-state index >= 15 is 0 Å². The molecule has 0 nitrogen and oxygen atoms in total. The third kappa shape index (κ3) is 299. The van der Waals surface area contributed by atoms with Gasteiger partial charge in [0.25, 0.3) is 0 Å². The first-order chi connectivity index (χ1) is 0. The van der Waals surface area contributed by atoms with Gasteiger partial charge in [0.2, 0.25) is 0 Å². The van der Waals surface area contributed by atoms with E-state index in [1.54, 1.807) is 0 Å². The molecule has 0 N–H and O–H groups in total. The summed E-state index contributed by atoms with van der Waals surface area (Å²) in [5.74, 6) is 0. The molecule has 7 heteroatoms. The molecule has 0 saturated carbocycles. The molecule has 0 aromatic carbocycles. The summed E-state index contributed by atoms with van der Waals surface area (Å²) in [6, 6.07) is 0. The first-order valence-corrected chi connectivity index (χ1v) is 0. The summed E-state index contributed by atoms with van der Waals surface area (Å²) in [5, 5.41) is 0. The smallest absolute Gasteiger partial charge is 1.00 e. The van der Waals surface area contributed by atoms with Gasteiger partial charge in [0.1, 0.15) is 0 Å². The average molecular weight is 793 g/mol. The van der Waals surface area contributed by atoms with Crippen LogP contribution in [0.2, 0.25) is 0 Å². The van der Waals surface area contributed by atoms with E-state index in [0.717, 1.165) is 0 Å². The van der Waals surface area contributed by atoms with Gasteiger partial charge in [-0.1, -0.05) is 74.3 Å². The molecule has 0 atom stereocenters. The van der Waals surface area contributed by atoms with Crippen LogP contribution in [0.25, 0.3) is 0 Å². The molecule has 0 aliphatic carbocycles. The molecule has 0 bridgehead atoms. The maximum absolute atomic E-state index is 0. The molecule has 0 saturated heterocycles. The van der Waals surface area contributed by atoms with Gasteiger partial charge in [0.05, 0.1) is 0 Å². The SMILES string of the molecule is C.C.C.C.C.C.C.C.C.C.F.[B].[H-].[K+].[U].[V].[W].[Y]. The molecule has 0 aromatic rings. The van der Waals surface area contributed by atoms with Crippen LogP contribution in [0.3, 0.4) is 0 Å². The van der Waals surface area contributed by atoms with E-state index < -0.39 is 0 Å². The summed E-state index contributed by atoms with van der Waals surface area (Å²) >= 11 is 0. The van der Waals surface area contributed by atoms with Crippen LogP contribution in [0.15, 0.2) is 0 Å². The van der Waals surface area contributed by atoms with E-state index in [4.69, 9.17) is 0 Å². The minimum Gasteiger partial charge on any atom is -1.00 e. The minimum absolute atomic E-state index is 0. The van der Waals surface area contributed by atoms with Crippen molar-refractivity contribution >= 4 is 8.41 Å². The molecule has 0 aliphatic heterocycles. The number of rotatable bonds is 0. The van der Waals surface area contributed by atoms with E-state index in [1.165, 1.54) is 0 Å². The quantitative estimate of drug-likeness (QED) is 0.331. The van der Waals surface area contributed by atoms with Gasteiger partial charge in [-0.15, -0.1) is 0 Å². The third-order valence-electron chi connectivity index (χ3n) is 0. The van der Waals surface area contributed by atoms with Crippen molar-refractivity contribution < 1.29 is 161 Å². The van der Waals surface area contributed by atoms with Crippen LogP contribution < -0.4 is 51.4 Å².